The summed E-state index contributed by atoms with van der Waals surface area (Å²) < 4.78 is 0. The Bertz CT molecular complexity index is 660. The Morgan fingerprint density at radius 3 is 2.89 bits per heavy atom. The molecule has 0 fully saturated rings. The summed E-state index contributed by atoms with van der Waals surface area (Å²) in [5, 5.41) is 12.7. The fourth-order valence-corrected chi connectivity index (χ4v) is 1.85. The van der Waals surface area contributed by atoms with E-state index >= 15 is 0 Å². The molecule has 5 heteroatoms. The highest BCUT2D eigenvalue weighted by Gasteiger charge is 2.13. The summed E-state index contributed by atoms with van der Waals surface area (Å²) in [5.74, 6) is 0.395. The van der Waals surface area contributed by atoms with Crippen LogP contribution in [0.3, 0.4) is 0 Å². The first-order valence-corrected chi connectivity index (χ1v) is 5.87. The minimum atomic E-state index is -0.124. The van der Waals surface area contributed by atoms with Crippen molar-refractivity contribution in [3.8, 4) is 6.07 Å². The van der Waals surface area contributed by atoms with Gasteiger partial charge in [-0.25, -0.2) is 4.98 Å². The van der Waals surface area contributed by atoms with E-state index in [4.69, 9.17) is 0 Å². The van der Waals surface area contributed by atoms with Crippen molar-refractivity contribution in [2.45, 2.75) is 0 Å². The second-order valence-electron chi connectivity index (χ2n) is 4.19. The van der Waals surface area contributed by atoms with Gasteiger partial charge >= 0.3 is 0 Å². The number of benzene rings is 1. The summed E-state index contributed by atoms with van der Waals surface area (Å²) in [7, 11) is 3.32. The monoisotopic (exact) mass is 254 g/mol. The molecular weight excluding hydrogens is 240 g/mol. The van der Waals surface area contributed by atoms with Crippen LogP contribution in [0.5, 0.6) is 0 Å². The number of carbonyl (C=O) groups is 1. The maximum Gasteiger partial charge on any atom is 0.239 e. The van der Waals surface area contributed by atoms with Crippen molar-refractivity contribution in [2.75, 3.05) is 25.5 Å². The normalized spacial score (nSPS) is 9.95. The molecule has 1 aromatic heterocycles. The number of para-hydroxylation sites is 1. The molecule has 0 aliphatic heterocycles. The Kier molecular flexibility index (Phi) is 3.62. The first kappa shape index (κ1) is 12.8. The van der Waals surface area contributed by atoms with E-state index in [1.807, 2.05) is 24.3 Å². The van der Waals surface area contributed by atoms with Gasteiger partial charge in [-0.05, 0) is 12.1 Å². The number of carbonyl (C=O) groups excluding carboxylic acids is 1. The van der Waals surface area contributed by atoms with Gasteiger partial charge < -0.3 is 10.2 Å². The maximum atomic E-state index is 11.4. The number of pyridine rings is 1. The number of nitrogens with one attached hydrogen (secondary N) is 1. The number of nitrogens with zero attached hydrogens (tertiary/aromatic N) is 3. The number of rotatable bonds is 3. The molecule has 0 spiro atoms. The molecule has 0 saturated heterocycles. The zero-order valence-electron chi connectivity index (χ0n) is 10.8. The third kappa shape index (κ3) is 2.63. The Hall–Kier alpha value is -2.61. The van der Waals surface area contributed by atoms with Crippen molar-refractivity contribution in [2.24, 2.45) is 0 Å². The van der Waals surface area contributed by atoms with E-state index in [2.05, 4.69) is 16.4 Å². The molecule has 0 unspecified atom stereocenters. The molecule has 0 radical (unpaired) electrons. The molecule has 0 aliphatic carbocycles. The van der Waals surface area contributed by atoms with Gasteiger partial charge in [0.25, 0.3) is 0 Å². The Balaban J connectivity index is 2.46. The molecule has 0 aliphatic rings. The fraction of sp³-hybridized carbons (Fsp3) is 0.214. The Morgan fingerprint density at radius 2 is 2.21 bits per heavy atom. The molecule has 0 saturated carbocycles. The number of fused-ring (bicyclic) bond motifs is 1. The van der Waals surface area contributed by atoms with Gasteiger partial charge in [-0.2, -0.15) is 5.26 Å². The minimum Gasteiger partial charge on any atom is -0.358 e. The number of hydrogen-bond acceptors (Lipinski definition) is 4. The van der Waals surface area contributed by atoms with Crippen molar-refractivity contribution < 1.29 is 4.79 Å². The molecule has 1 N–H and O–H groups in total. The molecule has 1 amide bonds. The molecule has 1 heterocycles. The van der Waals surface area contributed by atoms with Gasteiger partial charge in [0.05, 0.1) is 17.6 Å². The van der Waals surface area contributed by atoms with E-state index in [1.54, 1.807) is 25.1 Å². The number of aromatic nitrogens is 1. The van der Waals surface area contributed by atoms with Crippen LogP contribution in [0.2, 0.25) is 0 Å². The van der Waals surface area contributed by atoms with E-state index in [9.17, 15) is 10.1 Å². The van der Waals surface area contributed by atoms with Gasteiger partial charge in [0, 0.05) is 19.5 Å². The van der Waals surface area contributed by atoms with Crippen LogP contribution in [0.25, 0.3) is 10.9 Å². The van der Waals surface area contributed by atoms with E-state index in [1.165, 1.54) is 0 Å². The molecule has 5 nitrogen and oxygen atoms in total. The van der Waals surface area contributed by atoms with Gasteiger partial charge in [0.1, 0.15) is 11.9 Å². The van der Waals surface area contributed by atoms with Gasteiger partial charge in [0.2, 0.25) is 5.91 Å². The van der Waals surface area contributed by atoms with Crippen LogP contribution < -0.4 is 10.2 Å². The summed E-state index contributed by atoms with van der Waals surface area (Å²) in [6.07, 6.45) is 0. The summed E-state index contributed by atoms with van der Waals surface area (Å²) in [4.78, 5) is 17.5. The Morgan fingerprint density at radius 1 is 1.47 bits per heavy atom. The molecule has 19 heavy (non-hydrogen) atoms. The number of likely N-dealkylation sites (N-methyl/N-ethyl adjacent to an activating group) is 2. The van der Waals surface area contributed by atoms with Crippen LogP contribution in [-0.2, 0) is 4.79 Å². The number of anilines is 1. The lowest BCUT2D eigenvalue weighted by Crippen LogP contribution is -2.33. The highest BCUT2D eigenvalue weighted by atomic mass is 16.1. The molecule has 2 rings (SSSR count). The van der Waals surface area contributed by atoms with Crippen LogP contribution in [0.15, 0.2) is 30.3 Å². The minimum absolute atomic E-state index is 0.124. The molecule has 0 atom stereocenters. The first-order valence-electron chi connectivity index (χ1n) is 5.87. The topological polar surface area (TPSA) is 69.0 Å². The second-order valence-corrected chi connectivity index (χ2v) is 4.19. The van der Waals surface area contributed by atoms with Gasteiger partial charge in [-0.1, -0.05) is 18.2 Å². The summed E-state index contributed by atoms with van der Waals surface area (Å²) >= 11 is 0. The molecular formula is C14H14N4O. The van der Waals surface area contributed by atoms with Crippen molar-refractivity contribution in [1.82, 2.24) is 10.3 Å². The zero-order chi connectivity index (χ0) is 13.8. The highest BCUT2D eigenvalue weighted by molar-refractivity contribution is 5.85. The lowest BCUT2D eigenvalue weighted by molar-refractivity contribution is -0.119. The average molecular weight is 254 g/mol. The molecule has 96 valence electrons. The van der Waals surface area contributed by atoms with E-state index in [0.717, 1.165) is 10.9 Å². The predicted octanol–water partition coefficient (Wildman–Crippen LogP) is 1.29. The summed E-state index contributed by atoms with van der Waals surface area (Å²) in [6, 6.07) is 11.5. The number of hydrogen-bond donors (Lipinski definition) is 1. The lowest BCUT2D eigenvalue weighted by Gasteiger charge is -2.18. The fourth-order valence-electron chi connectivity index (χ4n) is 1.85. The van der Waals surface area contributed by atoms with Gasteiger partial charge in [-0.15, -0.1) is 0 Å². The van der Waals surface area contributed by atoms with Crippen LogP contribution in [-0.4, -0.2) is 31.5 Å². The summed E-state index contributed by atoms with van der Waals surface area (Å²) in [6.45, 7) is 0.163. The second kappa shape index (κ2) is 5.36. The van der Waals surface area contributed by atoms with Crippen molar-refractivity contribution in [3.05, 3.63) is 35.9 Å². The Labute approximate surface area is 111 Å². The van der Waals surface area contributed by atoms with Crippen LogP contribution in [0, 0.1) is 11.3 Å². The standard InChI is InChI=1S/C14H14N4O/c1-16-13(19)9-18(2)14-11(8-15)7-10-5-3-4-6-12(10)17-14/h3-7H,9H2,1-2H3,(H,16,19). The quantitative estimate of drug-likeness (QED) is 0.896. The van der Waals surface area contributed by atoms with Crippen molar-refractivity contribution in [1.29, 1.82) is 5.26 Å². The molecule has 0 bridgehead atoms. The van der Waals surface area contributed by atoms with Crippen molar-refractivity contribution >= 4 is 22.6 Å². The van der Waals surface area contributed by atoms with Crippen molar-refractivity contribution in [3.63, 3.8) is 0 Å². The van der Waals surface area contributed by atoms with Crippen LogP contribution in [0.4, 0.5) is 5.82 Å². The lowest BCUT2D eigenvalue weighted by atomic mass is 10.1. The zero-order valence-corrected chi connectivity index (χ0v) is 10.8. The number of amides is 1. The SMILES string of the molecule is CNC(=O)CN(C)c1nc2ccccc2cc1C#N. The predicted molar refractivity (Wildman–Crippen MR) is 73.8 cm³/mol. The average Bonchev–Trinajstić information content (AvgIpc) is 2.45. The van der Waals surface area contributed by atoms with E-state index in [0.29, 0.717) is 11.4 Å². The molecule has 2 aromatic rings. The third-order valence-corrected chi connectivity index (χ3v) is 2.85. The third-order valence-electron chi connectivity index (χ3n) is 2.85. The molecule has 1 aromatic carbocycles. The smallest absolute Gasteiger partial charge is 0.239 e. The van der Waals surface area contributed by atoms with Crippen LogP contribution in [0.1, 0.15) is 5.56 Å². The number of nitriles is 1. The van der Waals surface area contributed by atoms with Gasteiger partial charge in [-0.3, -0.25) is 4.79 Å². The first-order chi connectivity index (χ1) is 9.15. The maximum absolute atomic E-state index is 11.4. The highest BCUT2D eigenvalue weighted by Crippen LogP contribution is 2.21. The van der Waals surface area contributed by atoms with Crippen LogP contribution >= 0.6 is 0 Å². The largest absolute Gasteiger partial charge is 0.358 e. The van der Waals surface area contributed by atoms with E-state index in [-0.39, 0.29) is 12.5 Å². The van der Waals surface area contributed by atoms with Gasteiger partial charge in [0.15, 0.2) is 0 Å². The summed E-state index contributed by atoms with van der Waals surface area (Å²) in [5.41, 5.74) is 1.27. The van der Waals surface area contributed by atoms with E-state index < -0.39 is 0 Å².